The molecular weight excluding hydrogens is 334 g/mol. The molecule has 3 aromatic rings. The Balaban J connectivity index is 1.79. The molecular formula is C19H19N3O2S. The summed E-state index contributed by atoms with van der Waals surface area (Å²) in [6, 6.07) is 7.29. The van der Waals surface area contributed by atoms with Crippen molar-refractivity contribution in [2.75, 3.05) is 12.4 Å². The average molecular weight is 353 g/mol. The largest absolute Gasteiger partial charge is 0.465 e. The summed E-state index contributed by atoms with van der Waals surface area (Å²) in [4.78, 5) is 23.5. The quantitative estimate of drug-likeness (QED) is 0.707. The molecule has 0 saturated heterocycles. The fourth-order valence-electron chi connectivity index (χ4n) is 3.33. The van der Waals surface area contributed by atoms with E-state index in [2.05, 4.69) is 15.3 Å². The lowest BCUT2D eigenvalue weighted by atomic mass is 9.97. The Bertz CT molecular complexity index is 965. The number of benzene rings is 1. The maximum Gasteiger partial charge on any atom is 0.337 e. The SMILES string of the molecule is COC(=O)c1cccc(Nc2nc(C)nc3sc4c(c23)CCCC4)c1. The highest BCUT2D eigenvalue weighted by Gasteiger charge is 2.20. The molecule has 1 aromatic carbocycles. The summed E-state index contributed by atoms with van der Waals surface area (Å²) in [6.07, 6.45) is 4.67. The van der Waals surface area contributed by atoms with E-state index in [4.69, 9.17) is 4.74 Å². The number of carbonyl (C=O) groups excluding carboxylic acids is 1. The Morgan fingerprint density at radius 3 is 2.92 bits per heavy atom. The summed E-state index contributed by atoms with van der Waals surface area (Å²) in [7, 11) is 1.39. The highest BCUT2D eigenvalue weighted by atomic mass is 32.1. The molecule has 4 rings (SSSR count). The molecule has 25 heavy (non-hydrogen) atoms. The van der Waals surface area contributed by atoms with Gasteiger partial charge in [0.15, 0.2) is 0 Å². The van der Waals surface area contributed by atoms with Gasteiger partial charge in [-0.05, 0) is 56.4 Å². The number of fused-ring (bicyclic) bond motifs is 3. The van der Waals surface area contributed by atoms with E-state index < -0.39 is 0 Å². The van der Waals surface area contributed by atoms with Crippen molar-refractivity contribution in [3.05, 3.63) is 46.1 Å². The predicted molar refractivity (Wildman–Crippen MR) is 99.9 cm³/mol. The van der Waals surface area contributed by atoms with Crippen molar-refractivity contribution < 1.29 is 9.53 Å². The number of carbonyl (C=O) groups is 1. The van der Waals surface area contributed by atoms with Gasteiger partial charge in [0.25, 0.3) is 0 Å². The van der Waals surface area contributed by atoms with Crippen LogP contribution >= 0.6 is 11.3 Å². The number of rotatable bonds is 3. The van der Waals surface area contributed by atoms with Gasteiger partial charge < -0.3 is 10.1 Å². The Morgan fingerprint density at radius 2 is 2.08 bits per heavy atom. The predicted octanol–water partition coefficient (Wildman–Crippen LogP) is 4.41. The van der Waals surface area contributed by atoms with Crippen LogP contribution in [-0.2, 0) is 17.6 Å². The molecule has 0 spiro atoms. The van der Waals surface area contributed by atoms with E-state index in [0.717, 1.165) is 40.4 Å². The summed E-state index contributed by atoms with van der Waals surface area (Å²) in [5.41, 5.74) is 2.72. The van der Waals surface area contributed by atoms with Crippen molar-refractivity contribution in [3.63, 3.8) is 0 Å². The molecule has 1 aliphatic carbocycles. The van der Waals surface area contributed by atoms with E-state index >= 15 is 0 Å². The molecule has 1 N–H and O–H groups in total. The maximum absolute atomic E-state index is 11.8. The molecule has 0 bridgehead atoms. The zero-order chi connectivity index (χ0) is 17.4. The van der Waals surface area contributed by atoms with Crippen LogP contribution < -0.4 is 5.32 Å². The van der Waals surface area contributed by atoms with Crippen molar-refractivity contribution in [2.24, 2.45) is 0 Å². The number of nitrogens with one attached hydrogen (secondary N) is 1. The number of hydrogen-bond donors (Lipinski definition) is 1. The normalized spacial score (nSPS) is 13.5. The third kappa shape index (κ3) is 2.98. The Hall–Kier alpha value is -2.47. The lowest BCUT2D eigenvalue weighted by molar-refractivity contribution is 0.0601. The maximum atomic E-state index is 11.8. The number of hydrogen-bond acceptors (Lipinski definition) is 6. The molecule has 0 aliphatic heterocycles. The number of ether oxygens (including phenoxy) is 1. The van der Waals surface area contributed by atoms with Gasteiger partial charge in [0, 0.05) is 10.6 Å². The van der Waals surface area contributed by atoms with Crippen LogP contribution in [0.15, 0.2) is 24.3 Å². The molecule has 0 amide bonds. The van der Waals surface area contributed by atoms with Crippen LogP contribution in [0, 0.1) is 6.92 Å². The van der Waals surface area contributed by atoms with E-state index in [0.29, 0.717) is 5.56 Å². The lowest BCUT2D eigenvalue weighted by Crippen LogP contribution is -2.04. The van der Waals surface area contributed by atoms with Gasteiger partial charge in [-0.2, -0.15) is 0 Å². The fourth-order valence-corrected chi connectivity index (χ4v) is 4.64. The van der Waals surface area contributed by atoms with Gasteiger partial charge in [-0.25, -0.2) is 14.8 Å². The average Bonchev–Trinajstić information content (AvgIpc) is 2.99. The first kappa shape index (κ1) is 16.0. The lowest BCUT2D eigenvalue weighted by Gasteiger charge is -2.13. The van der Waals surface area contributed by atoms with Gasteiger partial charge >= 0.3 is 5.97 Å². The molecule has 0 radical (unpaired) electrons. The second kappa shape index (κ2) is 6.44. The molecule has 2 aromatic heterocycles. The molecule has 0 fully saturated rings. The molecule has 5 nitrogen and oxygen atoms in total. The van der Waals surface area contributed by atoms with Gasteiger partial charge in [0.1, 0.15) is 16.5 Å². The number of aryl methyl sites for hydroxylation is 3. The van der Waals surface area contributed by atoms with E-state index in [-0.39, 0.29) is 5.97 Å². The van der Waals surface area contributed by atoms with Gasteiger partial charge in [0.05, 0.1) is 18.1 Å². The Morgan fingerprint density at radius 1 is 1.24 bits per heavy atom. The monoisotopic (exact) mass is 353 g/mol. The van der Waals surface area contributed by atoms with Crippen molar-refractivity contribution >= 4 is 39.0 Å². The van der Waals surface area contributed by atoms with Crippen LogP contribution in [0.25, 0.3) is 10.2 Å². The number of anilines is 2. The summed E-state index contributed by atoms with van der Waals surface area (Å²) in [5.74, 6) is 1.22. The standard InChI is InChI=1S/C19H19N3O2S/c1-11-20-17(22-13-7-5-6-12(10-13)19(23)24-2)16-14-8-3-4-9-15(14)25-18(16)21-11/h5-7,10H,3-4,8-9H2,1-2H3,(H,20,21,22). The number of aromatic nitrogens is 2. The van der Waals surface area contributed by atoms with Gasteiger partial charge in [0.2, 0.25) is 0 Å². The summed E-state index contributed by atoms with van der Waals surface area (Å²) in [6.45, 7) is 1.91. The third-order valence-electron chi connectivity index (χ3n) is 4.47. The van der Waals surface area contributed by atoms with E-state index in [1.807, 2.05) is 19.1 Å². The first-order valence-electron chi connectivity index (χ1n) is 8.40. The minimum atomic E-state index is -0.347. The second-order valence-electron chi connectivity index (χ2n) is 6.21. The van der Waals surface area contributed by atoms with Crippen LogP contribution in [0.4, 0.5) is 11.5 Å². The van der Waals surface area contributed by atoms with Crippen molar-refractivity contribution in [3.8, 4) is 0 Å². The zero-order valence-electron chi connectivity index (χ0n) is 14.3. The van der Waals surface area contributed by atoms with Crippen molar-refractivity contribution in [1.82, 2.24) is 9.97 Å². The molecule has 128 valence electrons. The van der Waals surface area contributed by atoms with Crippen LogP contribution in [-0.4, -0.2) is 23.0 Å². The van der Waals surface area contributed by atoms with Crippen molar-refractivity contribution in [1.29, 1.82) is 0 Å². The van der Waals surface area contributed by atoms with Crippen LogP contribution in [0.2, 0.25) is 0 Å². The van der Waals surface area contributed by atoms with E-state index in [1.54, 1.807) is 23.5 Å². The Labute approximate surface area is 150 Å². The molecule has 0 atom stereocenters. The summed E-state index contributed by atoms with van der Waals surface area (Å²) < 4.78 is 4.80. The molecule has 0 saturated carbocycles. The molecule has 6 heteroatoms. The van der Waals surface area contributed by atoms with Crippen LogP contribution in [0.3, 0.4) is 0 Å². The number of esters is 1. The second-order valence-corrected chi connectivity index (χ2v) is 7.29. The van der Waals surface area contributed by atoms with E-state index in [1.165, 1.54) is 30.4 Å². The van der Waals surface area contributed by atoms with E-state index in [9.17, 15) is 4.79 Å². The van der Waals surface area contributed by atoms with Gasteiger partial charge in [-0.1, -0.05) is 6.07 Å². The smallest absolute Gasteiger partial charge is 0.337 e. The number of methoxy groups -OCH3 is 1. The topological polar surface area (TPSA) is 64.1 Å². The van der Waals surface area contributed by atoms with Crippen LogP contribution in [0.5, 0.6) is 0 Å². The molecule has 0 unspecified atom stereocenters. The van der Waals surface area contributed by atoms with Gasteiger partial charge in [-0.15, -0.1) is 11.3 Å². The summed E-state index contributed by atoms with van der Waals surface area (Å²) >= 11 is 1.79. The van der Waals surface area contributed by atoms with Crippen LogP contribution in [0.1, 0.15) is 39.5 Å². The van der Waals surface area contributed by atoms with Gasteiger partial charge in [-0.3, -0.25) is 0 Å². The van der Waals surface area contributed by atoms with Crippen molar-refractivity contribution in [2.45, 2.75) is 32.6 Å². The molecule has 2 heterocycles. The highest BCUT2D eigenvalue weighted by molar-refractivity contribution is 7.19. The Kier molecular flexibility index (Phi) is 4.13. The summed E-state index contributed by atoms with van der Waals surface area (Å²) in [5, 5.41) is 4.52. The molecule has 1 aliphatic rings. The minimum absolute atomic E-state index is 0.347. The first-order valence-corrected chi connectivity index (χ1v) is 9.21. The zero-order valence-corrected chi connectivity index (χ0v) is 15.1. The third-order valence-corrected chi connectivity index (χ3v) is 5.66. The number of thiophene rings is 1. The minimum Gasteiger partial charge on any atom is -0.465 e. The fraction of sp³-hybridized carbons (Fsp3) is 0.316. The first-order chi connectivity index (χ1) is 12.2. The highest BCUT2D eigenvalue weighted by Crippen LogP contribution is 2.39. The number of nitrogens with zero attached hydrogens (tertiary/aromatic N) is 2.